The molecule has 0 bridgehead atoms. The normalized spacial score (nSPS) is 26.0. The lowest BCUT2D eigenvalue weighted by atomic mass is 9.87. The summed E-state index contributed by atoms with van der Waals surface area (Å²) >= 11 is 0. The maximum atomic E-state index is 6.26. The molecule has 17 heavy (non-hydrogen) atoms. The first kappa shape index (κ1) is 12.6. The van der Waals surface area contributed by atoms with E-state index in [0.717, 1.165) is 12.8 Å². The van der Waals surface area contributed by atoms with Gasteiger partial charge in [-0.25, -0.2) is 0 Å². The zero-order chi connectivity index (χ0) is 12.1. The van der Waals surface area contributed by atoms with Gasteiger partial charge in [-0.2, -0.15) is 0 Å². The molecule has 0 amide bonds. The van der Waals surface area contributed by atoms with E-state index in [9.17, 15) is 0 Å². The second kappa shape index (κ2) is 6.18. The van der Waals surface area contributed by atoms with Crippen LogP contribution in [0.2, 0.25) is 0 Å². The molecule has 1 saturated heterocycles. The Balaban J connectivity index is 1.94. The van der Waals surface area contributed by atoms with E-state index in [2.05, 4.69) is 42.2 Å². The largest absolute Gasteiger partial charge is 0.327 e. The fourth-order valence-corrected chi connectivity index (χ4v) is 2.78. The van der Waals surface area contributed by atoms with E-state index in [4.69, 9.17) is 5.73 Å². The van der Waals surface area contributed by atoms with Crippen molar-refractivity contribution in [1.29, 1.82) is 0 Å². The predicted molar refractivity (Wildman–Crippen MR) is 73.0 cm³/mol. The summed E-state index contributed by atoms with van der Waals surface area (Å²) < 4.78 is 0. The van der Waals surface area contributed by atoms with Crippen LogP contribution in [0.3, 0.4) is 0 Å². The Kier molecular flexibility index (Phi) is 4.57. The van der Waals surface area contributed by atoms with Gasteiger partial charge in [0, 0.05) is 12.6 Å². The Morgan fingerprint density at radius 1 is 1.29 bits per heavy atom. The zero-order valence-electron chi connectivity index (χ0n) is 10.8. The average molecular weight is 232 g/mol. The van der Waals surface area contributed by atoms with Gasteiger partial charge >= 0.3 is 0 Å². The van der Waals surface area contributed by atoms with Gasteiger partial charge in [-0.3, -0.25) is 0 Å². The van der Waals surface area contributed by atoms with Crippen molar-refractivity contribution in [2.24, 2.45) is 11.7 Å². The molecule has 1 heterocycles. The molecule has 2 rings (SSSR count). The second-order valence-electron chi connectivity index (χ2n) is 5.20. The number of piperidine rings is 1. The van der Waals surface area contributed by atoms with Crippen LogP contribution in [-0.4, -0.2) is 30.6 Å². The number of hydrogen-bond acceptors (Lipinski definition) is 2. The van der Waals surface area contributed by atoms with Crippen molar-refractivity contribution in [3.05, 3.63) is 35.9 Å². The fourth-order valence-electron chi connectivity index (χ4n) is 2.78. The third kappa shape index (κ3) is 3.55. The highest BCUT2D eigenvalue weighted by Gasteiger charge is 2.26. The van der Waals surface area contributed by atoms with Crippen LogP contribution in [0.25, 0.3) is 0 Å². The van der Waals surface area contributed by atoms with Gasteiger partial charge < -0.3 is 10.6 Å². The molecule has 2 nitrogen and oxygen atoms in total. The minimum atomic E-state index is 0.378. The Hall–Kier alpha value is -0.860. The van der Waals surface area contributed by atoms with E-state index >= 15 is 0 Å². The van der Waals surface area contributed by atoms with Gasteiger partial charge in [0.25, 0.3) is 0 Å². The molecule has 0 aromatic heterocycles. The van der Waals surface area contributed by atoms with Crippen LogP contribution >= 0.6 is 0 Å². The summed E-state index contributed by atoms with van der Waals surface area (Å²) in [6.45, 7) is 5.82. The van der Waals surface area contributed by atoms with Gasteiger partial charge in [-0.15, -0.1) is 0 Å². The summed E-state index contributed by atoms with van der Waals surface area (Å²) in [5.74, 6) is 0.623. The van der Waals surface area contributed by atoms with E-state index in [1.807, 2.05) is 0 Å². The van der Waals surface area contributed by atoms with Crippen molar-refractivity contribution >= 4 is 0 Å². The van der Waals surface area contributed by atoms with Gasteiger partial charge in [0.05, 0.1) is 0 Å². The molecule has 1 aliphatic rings. The maximum absolute atomic E-state index is 6.26. The van der Waals surface area contributed by atoms with Crippen molar-refractivity contribution < 1.29 is 0 Å². The van der Waals surface area contributed by atoms with E-state index < -0.39 is 0 Å². The molecule has 1 aromatic rings. The topological polar surface area (TPSA) is 29.3 Å². The van der Waals surface area contributed by atoms with Crippen molar-refractivity contribution in [1.82, 2.24) is 4.90 Å². The molecule has 0 spiro atoms. The van der Waals surface area contributed by atoms with Gasteiger partial charge in [-0.05, 0) is 43.8 Å². The molecule has 94 valence electrons. The van der Waals surface area contributed by atoms with Crippen molar-refractivity contribution in [2.75, 3.05) is 19.6 Å². The average Bonchev–Trinajstić information content (AvgIpc) is 2.35. The molecule has 0 radical (unpaired) electrons. The van der Waals surface area contributed by atoms with Crippen molar-refractivity contribution in [3.8, 4) is 0 Å². The van der Waals surface area contributed by atoms with Crippen molar-refractivity contribution in [3.63, 3.8) is 0 Å². The third-order valence-corrected chi connectivity index (χ3v) is 3.76. The monoisotopic (exact) mass is 232 g/mol. The van der Waals surface area contributed by atoms with Crippen LogP contribution in [-0.2, 0) is 6.42 Å². The summed E-state index contributed by atoms with van der Waals surface area (Å²) in [4.78, 5) is 2.57. The minimum Gasteiger partial charge on any atom is -0.327 e. The van der Waals surface area contributed by atoms with Gasteiger partial charge in [0.15, 0.2) is 0 Å². The van der Waals surface area contributed by atoms with Crippen LogP contribution < -0.4 is 5.73 Å². The lowest BCUT2D eigenvalue weighted by Gasteiger charge is -2.37. The lowest BCUT2D eigenvalue weighted by molar-refractivity contribution is 0.155. The number of nitrogens with zero attached hydrogens (tertiary/aromatic N) is 1. The minimum absolute atomic E-state index is 0.378. The smallest absolute Gasteiger partial charge is 0.00947 e. The van der Waals surface area contributed by atoms with Crippen LogP contribution in [0.4, 0.5) is 0 Å². The highest BCUT2D eigenvalue weighted by molar-refractivity contribution is 5.16. The molecule has 0 unspecified atom stereocenters. The first-order chi connectivity index (χ1) is 8.29. The molecule has 1 aromatic carbocycles. The molecule has 1 fully saturated rings. The highest BCUT2D eigenvalue weighted by atomic mass is 15.1. The standard InChI is InChI=1S/C15H24N2/c1-2-9-17-10-8-15(16)14(12-17)11-13-6-4-3-5-7-13/h3-7,14-15H,2,8-12,16H2,1H3/t14-,15+/m1/s1. The van der Waals surface area contributed by atoms with Crippen LogP contribution in [0, 0.1) is 5.92 Å². The lowest BCUT2D eigenvalue weighted by Crippen LogP contribution is -2.48. The molecule has 1 aliphatic heterocycles. The Morgan fingerprint density at radius 2 is 2.06 bits per heavy atom. The number of hydrogen-bond donors (Lipinski definition) is 1. The first-order valence-corrected chi connectivity index (χ1v) is 6.81. The molecule has 2 heteroatoms. The molecule has 2 atom stereocenters. The van der Waals surface area contributed by atoms with E-state index in [0.29, 0.717) is 12.0 Å². The number of likely N-dealkylation sites (tertiary alicyclic amines) is 1. The summed E-state index contributed by atoms with van der Waals surface area (Å²) in [7, 11) is 0. The molecule has 0 saturated carbocycles. The SMILES string of the molecule is CCCN1CC[C@H](N)[C@H](Cc2ccccc2)C1. The molecular weight excluding hydrogens is 208 g/mol. The van der Waals surface area contributed by atoms with Crippen LogP contribution in [0.1, 0.15) is 25.3 Å². The highest BCUT2D eigenvalue weighted by Crippen LogP contribution is 2.20. The van der Waals surface area contributed by atoms with E-state index in [1.54, 1.807) is 0 Å². The fraction of sp³-hybridized carbons (Fsp3) is 0.600. The molecule has 0 aliphatic carbocycles. The number of rotatable bonds is 4. The van der Waals surface area contributed by atoms with Crippen LogP contribution in [0.5, 0.6) is 0 Å². The summed E-state index contributed by atoms with van der Waals surface area (Å²) in [6, 6.07) is 11.1. The quantitative estimate of drug-likeness (QED) is 0.863. The maximum Gasteiger partial charge on any atom is 0.00947 e. The Bertz CT molecular complexity index is 323. The Morgan fingerprint density at radius 3 is 2.76 bits per heavy atom. The zero-order valence-corrected chi connectivity index (χ0v) is 10.8. The summed E-state index contributed by atoms with van der Waals surface area (Å²) in [5.41, 5.74) is 7.68. The molecule has 2 N–H and O–H groups in total. The van der Waals surface area contributed by atoms with Gasteiger partial charge in [-0.1, -0.05) is 37.3 Å². The van der Waals surface area contributed by atoms with Gasteiger partial charge in [0.1, 0.15) is 0 Å². The Labute approximate surface area is 105 Å². The third-order valence-electron chi connectivity index (χ3n) is 3.76. The first-order valence-electron chi connectivity index (χ1n) is 6.81. The van der Waals surface area contributed by atoms with Gasteiger partial charge in [0.2, 0.25) is 0 Å². The number of nitrogens with two attached hydrogens (primary N) is 1. The van der Waals surface area contributed by atoms with Crippen LogP contribution in [0.15, 0.2) is 30.3 Å². The summed E-state index contributed by atoms with van der Waals surface area (Å²) in [6.07, 6.45) is 3.52. The summed E-state index contributed by atoms with van der Waals surface area (Å²) in [5, 5.41) is 0. The predicted octanol–water partition coefficient (Wildman–Crippen LogP) is 2.29. The molecular formula is C15H24N2. The van der Waals surface area contributed by atoms with E-state index in [-0.39, 0.29) is 0 Å². The van der Waals surface area contributed by atoms with Crippen molar-refractivity contribution in [2.45, 2.75) is 32.2 Å². The van der Waals surface area contributed by atoms with E-state index in [1.165, 1.54) is 31.6 Å². The number of benzene rings is 1. The second-order valence-corrected chi connectivity index (χ2v) is 5.20.